The van der Waals surface area contributed by atoms with Crippen LogP contribution in [-0.2, 0) is 4.79 Å². The minimum Gasteiger partial charge on any atom is -0.326 e. The first-order valence-electron chi connectivity index (χ1n) is 7.57. The number of aromatic nitrogens is 2. The van der Waals surface area contributed by atoms with Crippen LogP contribution in [-0.4, -0.2) is 21.1 Å². The molecule has 1 amide bonds. The van der Waals surface area contributed by atoms with Crippen molar-refractivity contribution in [2.75, 3.05) is 5.32 Å². The lowest BCUT2D eigenvalue weighted by Crippen LogP contribution is -2.06. The molecule has 0 unspecified atom stereocenters. The van der Waals surface area contributed by atoms with Gasteiger partial charge in [-0.05, 0) is 48.9 Å². The van der Waals surface area contributed by atoms with Crippen molar-refractivity contribution in [3.8, 4) is 0 Å². The minimum atomic E-state index is -0.170. The summed E-state index contributed by atoms with van der Waals surface area (Å²) >= 11 is 0. The molecule has 1 N–H and O–H groups in total. The van der Waals surface area contributed by atoms with Gasteiger partial charge >= 0.3 is 0 Å². The molecule has 0 fully saturated rings. The first-order valence-corrected chi connectivity index (χ1v) is 7.57. The van der Waals surface area contributed by atoms with Crippen LogP contribution in [0.25, 0.3) is 11.7 Å². The molecular formula is C19H17N3O2. The minimum absolute atomic E-state index is 0.135. The molecule has 0 bridgehead atoms. The highest BCUT2D eigenvalue weighted by Gasteiger charge is 2.05. The second-order valence-corrected chi connectivity index (χ2v) is 5.57. The number of carbonyl (C=O) groups excluding carboxylic acids is 2. The highest BCUT2D eigenvalue weighted by Crippen LogP contribution is 2.14. The molecule has 1 aromatic carbocycles. The van der Waals surface area contributed by atoms with E-state index in [-0.39, 0.29) is 11.7 Å². The van der Waals surface area contributed by atoms with E-state index in [4.69, 9.17) is 0 Å². The average Bonchev–Trinajstić information content (AvgIpc) is 2.94. The van der Waals surface area contributed by atoms with E-state index in [1.165, 1.54) is 13.0 Å². The summed E-state index contributed by atoms with van der Waals surface area (Å²) < 4.78 is 1.92. The van der Waals surface area contributed by atoms with Crippen LogP contribution < -0.4 is 5.32 Å². The van der Waals surface area contributed by atoms with Crippen molar-refractivity contribution in [2.24, 2.45) is 0 Å². The predicted molar refractivity (Wildman–Crippen MR) is 94.0 cm³/mol. The highest BCUT2D eigenvalue weighted by atomic mass is 16.1. The largest absolute Gasteiger partial charge is 0.326 e. The number of aryl methyl sites for hydroxylation is 1. The summed E-state index contributed by atoms with van der Waals surface area (Å²) in [4.78, 5) is 27.8. The van der Waals surface area contributed by atoms with Gasteiger partial charge in [0.1, 0.15) is 5.65 Å². The molecule has 2 heterocycles. The zero-order valence-electron chi connectivity index (χ0n) is 13.5. The van der Waals surface area contributed by atoms with Gasteiger partial charge in [0, 0.05) is 24.4 Å². The van der Waals surface area contributed by atoms with E-state index in [2.05, 4.69) is 10.3 Å². The topological polar surface area (TPSA) is 63.5 Å². The summed E-state index contributed by atoms with van der Waals surface area (Å²) in [6, 6.07) is 10.8. The Morgan fingerprint density at radius 3 is 2.83 bits per heavy atom. The number of hydrogen-bond donors (Lipinski definition) is 1. The van der Waals surface area contributed by atoms with Crippen molar-refractivity contribution in [3.63, 3.8) is 0 Å². The van der Waals surface area contributed by atoms with Crippen LogP contribution in [0.4, 0.5) is 5.69 Å². The predicted octanol–water partition coefficient (Wildman–Crippen LogP) is 3.50. The Balaban J connectivity index is 1.83. The van der Waals surface area contributed by atoms with E-state index in [1.54, 1.807) is 36.5 Å². The summed E-state index contributed by atoms with van der Waals surface area (Å²) in [6.07, 6.45) is 6.91. The monoisotopic (exact) mass is 319 g/mol. The summed E-state index contributed by atoms with van der Waals surface area (Å²) in [5.41, 5.74) is 3.93. The van der Waals surface area contributed by atoms with Gasteiger partial charge in [-0.3, -0.25) is 9.59 Å². The SMILES string of the molecule is CC(=O)Nc1cccc(C(=O)/C=C/c2cnc3cc(C)ccn23)c1. The van der Waals surface area contributed by atoms with Gasteiger partial charge in [0.05, 0.1) is 11.9 Å². The molecule has 0 radical (unpaired) electrons. The maximum Gasteiger partial charge on any atom is 0.221 e. The molecule has 0 aliphatic carbocycles. The molecule has 2 aromatic heterocycles. The second-order valence-electron chi connectivity index (χ2n) is 5.57. The number of nitrogens with one attached hydrogen (secondary N) is 1. The fraction of sp³-hybridized carbons (Fsp3) is 0.105. The van der Waals surface area contributed by atoms with Gasteiger partial charge in [0.2, 0.25) is 5.91 Å². The van der Waals surface area contributed by atoms with Gasteiger partial charge in [0.15, 0.2) is 5.78 Å². The maximum absolute atomic E-state index is 12.3. The van der Waals surface area contributed by atoms with E-state index in [0.29, 0.717) is 11.3 Å². The van der Waals surface area contributed by atoms with Crippen LogP contribution in [0.3, 0.4) is 0 Å². The number of hydrogen-bond acceptors (Lipinski definition) is 3. The molecule has 5 nitrogen and oxygen atoms in total. The van der Waals surface area contributed by atoms with Crippen molar-refractivity contribution in [3.05, 3.63) is 71.7 Å². The van der Waals surface area contributed by atoms with Crippen LogP contribution in [0, 0.1) is 6.92 Å². The number of imidazole rings is 1. The Labute approximate surface area is 139 Å². The molecule has 0 saturated heterocycles. The summed E-state index contributed by atoms with van der Waals surface area (Å²) in [6.45, 7) is 3.44. The lowest BCUT2D eigenvalue weighted by molar-refractivity contribution is -0.114. The van der Waals surface area contributed by atoms with E-state index in [1.807, 2.05) is 29.7 Å². The average molecular weight is 319 g/mol. The van der Waals surface area contributed by atoms with Crippen LogP contribution in [0.5, 0.6) is 0 Å². The smallest absolute Gasteiger partial charge is 0.221 e. The lowest BCUT2D eigenvalue weighted by Gasteiger charge is -2.03. The molecule has 24 heavy (non-hydrogen) atoms. The number of ketones is 1. The molecule has 5 heteroatoms. The number of allylic oxidation sites excluding steroid dienone is 1. The first kappa shape index (κ1) is 15.7. The van der Waals surface area contributed by atoms with Crippen molar-refractivity contribution in [1.29, 1.82) is 0 Å². The third kappa shape index (κ3) is 3.41. The fourth-order valence-corrected chi connectivity index (χ4v) is 2.44. The quantitative estimate of drug-likeness (QED) is 0.591. The van der Waals surface area contributed by atoms with E-state index < -0.39 is 0 Å². The first-order chi connectivity index (χ1) is 11.5. The zero-order chi connectivity index (χ0) is 17.1. The molecule has 120 valence electrons. The summed E-state index contributed by atoms with van der Waals surface area (Å²) in [5.74, 6) is -0.305. The Morgan fingerprint density at radius 1 is 1.21 bits per heavy atom. The molecule has 0 spiro atoms. The van der Waals surface area contributed by atoms with Crippen LogP contribution >= 0.6 is 0 Å². The Kier molecular flexibility index (Phi) is 4.24. The van der Waals surface area contributed by atoms with Crippen LogP contribution in [0.15, 0.2) is 54.9 Å². The summed E-state index contributed by atoms with van der Waals surface area (Å²) in [7, 11) is 0. The Morgan fingerprint density at radius 2 is 2.04 bits per heavy atom. The molecule has 3 rings (SSSR count). The van der Waals surface area contributed by atoms with Crippen molar-refractivity contribution >= 4 is 29.1 Å². The summed E-state index contributed by atoms with van der Waals surface area (Å²) in [5, 5.41) is 2.67. The number of carbonyl (C=O) groups is 2. The molecular weight excluding hydrogens is 302 g/mol. The third-order valence-electron chi connectivity index (χ3n) is 3.57. The Bertz CT molecular complexity index is 954. The molecule has 3 aromatic rings. The molecule has 0 aliphatic heterocycles. The number of rotatable bonds is 4. The Hall–Kier alpha value is -3.21. The van der Waals surface area contributed by atoms with Gasteiger partial charge in [-0.25, -0.2) is 4.98 Å². The normalized spacial score (nSPS) is 11.1. The number of nitrogens with zero attached hydrogens (tertiary/aromatic N) is 2. The fourth-order valence-electron chi connectivity index (χ4n) is 2.44. The van der Waals surface area contributed by atoms with Crippen molar-refractivity contribution in [2.45, 2.75) is 13.8 Å². The maximum atomic E-state index is 12.3. The van der Waals surface area contributed by atoms with Crippen molar-refractivity contribution < 1.29 is 9.59 Å². The molecule has 0 atom stereocenters. The van der Waals surface area contributed by atoms with E-state index in [9.17, 15) is 9.59 Å². The standard InChI is InChI=1S/C19H17N3O2/c1-13-8-9-22-17(12-20-19(22)10-13)6-7-18(24)15-4-3-5-16(11-15)21-14(2)23/h3-12H,1-2H3,(H,21,23)/b7-6+. The van der Waals surface area contributed by atoms with E-state index in [0.717, 1.165) is 16.9 Å². The number of amides is 1. The zero-order valence-corrected chi connectivity index (χ0v) is 13.5. The number of anilines is 1. The third-order valence-corrected chi connectivity index (χ3v) is 3.57. The van der Waals surface area contributed by atoms with Gasteiger partial charge < -0.3 is 9.72 Å². The van der Waals surface area contributed by atoms with Crippen LogP contribution in [0.1, 0.15) is 28.5 Å². The second kappa shape index (κ2) is 6.50. The number of pyridine rings is 1. The number of benzene rings is 1. The van der Waals surface area contributed by atoms with Gasteiger partial charge in [-0.15, -0.1) is 0 Å². The van der Waals surface area contributed by atoms with Gasteiger partial charge in [-0.2, -0.15) is 0 Å². The van der Waals surface area contributed by atoms with Gasteiger partial charge in [0.25, 0.3) is 0 Å². The van der Waals surface area contributed by atoms with Crippen molar-refractivity contribution in [1.82, 2.24) is 9.38 Å². The molecule has 0 aliphatic rings. The van der Waals surface area contributed by atoms with Gasteiger partial charge in [-0.1, -0.05) is 12.1 Å². The van der Waals surface area contributed by atoms with E-state index >= 15 is 0 Å². The highest BCUT2D eigenvalue weighted by molar-refractivity contribution is 6.07. The lowest BCUT2D eigenvalue weighted by atomic mass is 10.1. The van der Waals surface area contributed by atoms with Crippen LogP contribution in [0.2, 0.25) is 0 Å². The number of fused-ring (bicyclic) bond motifs is 1. The molecule has 0 saturated carbocycles.